The van der Waals surface area contributed by atoms with Crippen LogP contribution in [-0.2, 0) is 0 Å². The quantitative estimate of drug-likeness (QED) is 0.616. The van der Waals surface area contributed by atoms with Crippen molar-refractivity contribution in [2.24, 2.45) is 5.73 Å². The van der Waals surface area contributed by atoms with Crippen molar-refractivity contribution in [1.29, 1.82) is 0 Å². The average molecular weight is 217 g/mol. The summed E-state index contributed by atoms with van der Waals surface area (Å²) in [6, 6.07) is 5.38. The van der Waals surface area contributed by atoms with Crippen molar-refractivity contribution in [3.8, 4) is 11.8 Å². The minimum absolute atomic E-state index is 0.247. The number of carbonyl (C=O) groups excluding carboxylic acids is 1. The molecule has 0 aliphatic carbocycles. The van der Waals surface area contributed by atoms with Gasteiger partial charge in [0.25, 0.3) is 0 Å². The van der Waals surface area contributed by atoms with E-state index in [2.05, 4.69) is 22.5 Å². The van der Waals surface area contributed by atoms with Crippen molar-refractivity contribution in [1.82, 2.24) is 5.32 Å². The summed E-state index contributed by atoms with van der Waals surface area (Å²) in [7, 11) is 1.57. The summed E-state index contributed by atoms with van der Waals surface area (Å²) in [5.74, 6) is 5.71. The van der Waals surface area contributed by atoms with Crippen LogP contribution in [0, 0.1) is 18.8 Å². The van der Waals surface area contributed by atoms with E-state index in [0.717, 1.165) is 16.8 Å². The molecule has 1 aromatic rings. The van der Waals surface area contributed by atoms with Gasteiger partial charge in [-0.25, -0.2) is 4.79 Å². The van der Waals surface area contributed by atoms with Crippen LogP contribution in [0.3, 0.4) is 0 Å². The first-order valence-electron chi connectivity index (χ1n) is 4.95. The SMILES string of the molecule is CNC(=O)Nc1cc(C)cc(C#CCN)c1. The van der Waals surface area contributed by atoms with Gasteiger partial charge in [0, 0.05) is 18.3 Å². The van der Waals surface area contributed by atoms with Crippen molar-refractivity contribution >= 4 is 11.7 Å². The van der Waals surface area contributed by atoms with E-state index in [0.29, 0.717) is 6.54 Å². The van der Waals surface area contributed by atoms with Gasteiger partial charge in [-0.15, -0.1) is 0 Å². The summed E-state index contributed by atoms with van der Waals surface area (Å²) in [6.07, 6.45) is 0. The molecule has 84 valence electrons. The molecule has 0 bridgehead atoms. The molecule has 4 nitrogen and oxygen atoms in total. The second-order valence-corrected chi connectivity index (χ2v) is 3.30. The molecule has 0 aliphatic rings. The van der Waals surface area contributed by atoms with Crippen molar-refractivity contribution in [2.75, 3.05) is 18.9 Å². The number of benzene rings is 1. The van der Waals surface area contributed by atoms with Gasteiger partial charge < -0.3 is 16.4 Å². The number of hydrogen-bond donors (Lipinski definition) is 3. The van der Waals surface area contributed by atoms with Crippen LogP contribution < -0.4 is 16.4 Å². The van der Waals surface area contributed by atoms with E-state index in [1.54, 1.807) is 7.05 Å². The first-order chi connectivity index (χ1) is 7.65. The highest BCUT2D eigenvalue weighted by Crippen LogP contribution is 2.13. The van der Waals surface area contributed by atoms with Gasteiger partial charge in [0.15, 0.2) is 0 Å². The van der Waals surface area contributed by atoms with Gasteiger partial charge in [0.1, 0.15) is 0 Å². The number of carbonyl (C=O) groups is 1. The van der Waals surface area contributed by atoms with Gasteiger partial charge in [0.05, 0.1) is 6.54 Å². The summed E-state index contributed by atoms with van der Waals surface area (Å²) < 4.78 is 0. The Balaban J connectivity index is 2.94. The fourth-order valence-corrected chi connectivity index (χ4v) is 1.27. The third kappa shape index (κ3) is 3.64. The maximum absolute atomic E-state index is 11.1. The van der Waals surface area contributed by atoms with Gasteiger partial charge in [-0.05, 0) is 30.7 Å². The van der Waals surface area contributed by atoms with Crippen LogP contribution in [-0.4, -0.2) is 19.6 Å². The number of anilines is 1. The highest BCUT2D eigenvalue weighted by Gasteiger charge is 2.00. The Labute approximate surface area is 95.2 Å². The van der Waals surface area contributed by atoms with Crippen LogP contribution in [0.1, 0.15) is 11.1 Å². The monoisotopic (exact) mass is 217 g/mol. The molecular formula is C12H15N3O. The van der Waals surface area contributed by atoms with E-state index >= 15 is 0 Å². The Bertz CT molecular complexity index is 443. The molecular weight excluding hydrogens is 202 g/mol. The van der Waals surface area contributed by atoms with Crippen molar-refractivity contribution in [2.45, 2.75) is 6.92 Å². The van der Waals surface area contributed by atoms with E-state index in [-0.39, 0.29) is 6.03 Å². The third-order valence-corrected chi connectivity index (χ3v) is 1.90. The Morgan fingerprint density at radius 2 is 2.19 bits per heavy atom. The fraction of sp³-hybridized carbons (Fsp3) is 0.250. The molecule has 0 unspecified atom stereocenters. The lowest BCUT2D eigenvalue weighted by molar-refractivity contribution is 0.254. The average Bonchev–Trinajstić information content (AvgIpc) is 2.25. The van der Waals surface area contributed by atoms with Crippen LogP contribution in [0.4, 0.5) is 10.5 Å². The Morgan fingerprint density at radius 3 is 2.81 bits per heavy atom. The number of rotatable bonds is 1. The molecule has 0 saturated heterocycles. The maximum atomic E-state index is 11.1. The van der Waals surface area contributed by atoms with Crippen LogP contribution >= 0.6 is 0 Å². The molecule has 0 saturated carbocycles. The smallest absolute Gasteiger partial charge is 0.318 e. The number of nitrogens with two attached hydrogens (primary N) is 1. The number of amides is 2. The second kappa shape index (κ2) is 5.79. The van der Waals surface area contributed by atoms with Gasteiger partial charge in [-0.1, -0.05) is 11.8 Å². The third-order valence-electron chi connectivity index (χ3n) is 1.90. The van der Waals surface area contributed by atoms with Crippen LogP contribution in [0.15, 0.2) is 18.2 Å². The molecule has 0 heterocycles. The molecule has 16 heavy (non-hydrogen) atoms. The molecule has 0 aromatic heterocycles. The summed E-state index contributed by atoms with van der Waals surface area (Å²) in [4.78, 5) is 11.1. The van der Waals surface area contributed by atoms with Crippen LogP contribution in [0.25, 0.3) is 0 Å². The van der Waals surface area contributed by atoms with E-state index in [1.807, 2.05) is 25.1 Å². The number of urea groups is 1. The standard InChI is InChI=1S/C12H15N3O/c1-9-6-10(4-3-5-13)8-11(7-9)15-12(16)14-2/h6-8H,5,13H2,1-2H3,(H2,14,15,16). The predicted molar refractivity (Wildman–Crippen MR) is 65.2 cm³/mol. The Morgan fingerprint density at radius 1 is 1.44 bits per heavy atom. The summed E-state index contributed by atoms with van der Waals surface area (Å²) >= 11 is 0. The molecule has 2 amide bonds. The zero-order chi connectivity index (χ0) is 12.0. The molecule has 0 aliphatic heterocycles. The van der Waals surface area contributed by atoms with Crippen LogP contribution in [0.2, 0.25) is 0 Å². The molecule has 4 N–H and O–H groups in total. The fourth-order valence-electron chi connectivity index (χ4n) is 1.27. The highest BCUT2D eigenvalue weighted by atomic mass is 16.2. The molecule has 4 heteroatoms. The largest absolute Gasteiger partial charge is 0.341 e. The summed E-state index contributed by atoms with van der Waals surface area (Å²) in [5.41, 5.74) is 7.91. The van der Waals surface area contributed by atoms with Gasteiger partial charge in [-0.2, -0.15) is 0 Å². The van der Waals surface area contributed by atoms with Crippen molar-refractivity contribution in [3.05, 3.63) is 29.3 Å². The minimum Gasteiger partial charge on any atom is -0.341 e. The normalized spacial score (nSPS) is 8.94. The number of hydrogen-bond acceptors (Lipinski definition) is 2. The first kappa shape index (κ1) is 12.1. The van der Waals surface area contributed by atoms with Gasteiger partial charge >= 0.3 is 6.03 Å². The summed E-state index contributed by atoms with van der Waals surface area (Å²) in [6.45, 7) is 2.27. The van der Waals surface area contributed by atoms with E-state index < -0.39 is 0 Å². The maximum Gasteiger partial charge on any atom is 0.318 e. The lowest BCUT2D eigenvalue weighted by Crippen LogP contribution is -2.24. The highest BCUT2D eigenvalue weighted by molar-refractivity contribution is 5.89. The molecule has 1 aromatic carbocycles. The van der Waals surface area contributed by atoms with Gasteiger partial charge in [0.2, 0.25) is 0 Å². The molecule has 1 rings (SSSR count). The van der Waals surface area contributed by atoms with Gasteiger partial charge in [-0.3, -0.25) is 0 Å². The predicted octanol–water partition coefficient (Wildman–Crippen LogP) is 1.06. The Hall–Kier alpha value is -1.99. The van der Waals surface area contributed by atoms with E-state index in [9.17, 15) is 4.79 Å². The number of aryl methyl sites for hydroxylation is 1. The topological polar surface area (TPSA) is 67.2 Å². The zero-order valence-electron chi connectivity index (χ0n) is 9.42. The van der Waals surface area contributed by atoms with Crippen molar-refractivity contribution in [3.63, 3.8) is 0 Å². The molecule has 0 fully saturated rings. The van der Waals surface area contributed by atoms with Crippen molar-refractivity contribution < 1.29 is 4.79 Å². The Kier molecular flexibility index (Phi) is 4.37. The second-order valence-electron chi connectivity index (χ2n) is 3.30. The van der Waals surface area contributed by atoms with Crippen LogP contribution in [0.5, 0.6) is 0 Å². The lowest BCUT2D eigenvalue weighted by atomic mass is 10.1. The number of nitrogens with one attached hydrogen (secondary N) is 2. The summed E-state index contributed by atoms with van der Waals surface area (Å²) in [5, 5.41) is 5.19. The first-order valence-corrected chi connectivity index (χ1v) is 4.95. The minimum atomic E-state index is -0.247. The lowest BCUT2D eigenvalue weighted by Gasteiger charge is -2.06. The molecule has 0 spiro atoms. The van der Waals surface area contributed by atoms with E-state index in [1.165, 1.54) is 0 Å². The zero-order valence-corrected chi connectivity index (χ0v) is 9.42. The molecule has 0 radical (unpaired) electrons. The van der Waals surface area contributed by atoms with E-state index in [4.69, 9.17) is 5.73 Å². The molecule has 0 atom stereocenters.